The molecular weight excluding hydrogens is 454 g/mol. The molecule has 0 aliphatic heterocycles. The molecule has 2 N–H and O–H groups in total. The van der Waals surface area contributed by atoms with Crippen LogP contribution in [0.3, 0.4) is 0 Å². The molecule has 11 heteroatoms. The summed E-state index contributed by atoms with van der Waals surface area (Å²) >= 11 is 6.55. The van der Waals surface area contributed by atoms with Crippen molar-refractivity contribution in [3.8, 4) is 11.3 Å². The summed E-state index contributed by atoms with van der Waals surface area (Å²) in [5.74, 6) is -1.05. The van der Waals surface area contributed by atoms with Gasteiger partial charge >= 0.3 is 0 Å². The van der Waals surface area contributed by atoms with Gasteiger partial charge in [-0.2, -0.15) is 5.10 Å². The maximum atomic E-state index is 15.6. The zero-order valence-corrected chi connectivity index (χ0v) is 18.2. The number of halogens is 3. The minimum Gasteiger partial charge on any atom is -0.376 e. The molecule has 0 radical (unpaired) electrons. The van der Waals surface area contributed by atoms with Crippen LogP contribution in [0.4, 0.5) is 14.6 Å². The number of rotatable bonds is 6. The number of fused-ring (bicyclic) bond motifs is 2. The predicted octanol–water partition coefficient (Wildman–Crippen LogP) is 4.46. The highest BCUT2D eigenvalue weighted by atomic mass is 35.5. The summed E-state index contributed by atoms with van der Waals surface area (Å²) in [7, 11) is 1.56. The molecule has 1 amide bonds. The number of carbonyl (C=O) groups excluding carboxylic acids is 1. The Morgan fingerprint density at radius 2 is 2.15 bits per heavy atom. The average molecular weight is 473 g/mol. The highest BCUT2D eigenvalue weighted by Gasteiger charge is 2.44. The number of imidazole rings is 1. The van der Waals surface area contributed by atoms with Gasteiger partial charge in [-0.15, -0.1) is 0 Å². The number of nitrogens with one attached hydrogen (secondary N) is 2. The molecule has 8 nitrogen and oxygen atoms in total. The molecule has 3 unspecified atom stereocenters. The zero-order chi connectivity index (χ0) is 22.9. The number of anilines is 1. The van der Waals surface area contributed by atoms with Gasteiger partial charge in [-0.25, -0.2) is 13.8 Å². The fourth-order valence-corrected chi connectivity index (χ4v) is 4.64. The Labute approximate surface area is 191 Å². The minimum atomic E-state index is -1.09. The van der Waals surface area contributed by atoms with Crippen LogP contribution in [0.5, 0.6) is 0 Å². The second kappa shape index (κ2) is 7.46. The number of amides is 1. The molecule has 3 heterocycles. The Bertz CT molecular complexity index is 1420. The first-order valence-electron chi connectivity index (χ1n) is 10.6. The Hall–Kier alpha value is -3.11. The second-order valence-corrected chi connectivity index (χ2v) is 8.96. The van der Waals surface area contributed by atoms with Crippen molar-refractivity contribution in [2.75, 3.05) is 12.4 Å². The Morgan fingerprint density at radius 3 is 2.85 bits per heavy atom. The van der Waals surface area contributed by atoms with Crippen LogP contribution in [0.2, 0.25) is 5.02 Å². The summed E-state index contributed by atoms with van der Waals surface area (Å²) in [6.07, 6.45) is 6.99. The van der Waals surface area contributed by atoms with Crippen LogP contribution in [-0.4, -0.2) is 43.8 Å². The van der Waals surface area contributed by atoms with Crippen molar-refractivity contribution in [2.24, 2.45) is 11.8 Å². The molecule has 2 fully saturated rings. The van der Waals surface area contributed by atoms with Gasteiger partial charge in [0.2, 0.25) is 5.91 Å². The molecule has 3 atom stereocenters. The predicted molar refractivity (Wildman–Crippen MR) is 117 cm³/mol. The zero-order valence-electron chi connectivity index (χ0n) is 17.5. The topological polar surface area (TPSA) is 97.2 Å². The summed E-state index contributed by atoms with van der Waals surface area (Å²) in [6, 6.07) is 0. The van der Waals surface area contributed by atoms with Crippen LogP contribution < -0.4 is 5.32 Å². The summed E-state index contributed by atoms with van der Waals surface area (Å²) in [6.45, 7) is 0. The van der Waals surface area contributed by atoms with E-state index >= 15 is 4.39 Å². The molecule has 6 rings (SSSR count). The number of methoxy groups -OCH3 is 1. The summed E-state index contributed by atoms with van der Waals surface area (Å²) in [5.41, 5.74) is 2.17. The molecule has 1 aromatic carbocycles. The van der Waals surface area contributed by atoms with Crippen LogP contribution in [0.15, 0.2) is 24.8 Å². The summed E-state index contributed by atoms with van der Waals surface area (Å²) in [5, 5.41) is 10.2. The van der Waals surface area contributed by atoms with Crippen molar-refractivity contribution < 1.29 is 18.3 Å². The van der Waals surface area contributed by atoms with Gasteiger partial charge in [0, 0.05) is 29.8 Å². The number of aromatic nitrogens is 5. The van der Waals surface area contributed by atoms with Crippen molar-refractivity contribution >= 4 is 39.9 Å². The first-order valence-corrected chi connectivity index (χ1v) is 11.0. The summed E-state index contributed by atoms with van der Waals surface area (Å²) < 4.78 is 36.0. The molecule has 4 aromatic rings. The molecule has 2 aliphatic carbocycles. The minimum absolute atomic E-state index is 0.0650. The van der Waals surface area contributed by atoms with E-state index in [1.165, 1.54) is 6.20 Å². The van der Waals surface area contributed by atoms with Gasteiger partial charge in [-0.1, -0.05) is 11.6 Å². The van der Waals surface area contributed by atoms with E-state index in [1.807, 2.05) is 0 Å². The van der Waals surface area contributed by atoms with Crippen molar-refractivity contribution in [1.82, 2.24) is 24.6 Å². The highest BCUT2D eigenvalue weighted by molar-refractivity contribution is 6.35. The number of ether oxygens (including phenoxy) is 1. The van der Waals surface area contributed by atoms with Crippen molar-refractivity contribution in [1.29, 1.82) is 0 Å². The van der Waals surface area contributed by atoms with Crippen molar-refractivity contribution in [3.05, 3.63) is 41.2 Å². The SMILES string of the molecule is COC(c1c(F)c(Cl)c(-c2cn3cc(NC(=O)C4CC4F)nc3cn2)c2cn[nH]c12)C1CC1. The van der Waals surface area contributed by atoms with Crippen molar-refractivity contribution in [2.45, 2.75) is 31.5 Å². The van der Waals surface area contributed by atoms with E-state index in [4.69, 9.17) is 16.3 Å². The Morgan fingerprint density at radius 1 is 1.36 bits per heavy atom. The Balaban J connectivity index is 1.42. The van der Waals surface area contributed by atoms with E-state index in [0.29, 0.717) is 33.4 Å². The number of alkyl halides is 1. The third-order valence-corrected chi connectivity index (χ3v) is 6.67. The van der Waals surface area contributed by atoms with Gasteiger partial charge < -0.3 is 14.5 Å². The van der Waals surface area contributed by atoms with Gasteiger partial charge in [-0.05, 0) is 25.2 Å². The fourth-order valence-electron chi connectivity index (χ4n) is 4.34. The second-order valence-electron chi connectivity index (χ2n) is 8.58. The van der Waals surface area contributed by atoms with Gasteiger partial charge in [0.15, 0.2) is 11.5 Å². The Kier molecular flexibility index (Phi) is 4.63. The van der Waals surface area contributed by atoms with Gasteiger partial charge in [0.1, 0.15) is 12.0 Å². The van der Waals surface area contributed by atoms with Crippen LogP contribution in [0, 0.1) is 17.7 Å². The lowest BCUT2D eigenvalue weighted by Crippen LogP contribution is -2.15. The van der Waals surface area contributed by atoms with Gasteiger partial charge in [0.25, 0.3) is 0 Å². The van der Waals surface area contributed by atoms with Crippen LogP contribution in [-0.2, 0) is 9.53 Å². The standard InChI is InChI=1S/C22H19ClF2N6O2/c1-33-21(9-2-3-9)17-19(25)18(23)16(11-5-27-30-20(11)17)13-7-31-8-14(28-15(31)6-26-13)29-22(32)10-4-12(10)24/h5-10,12,21H,2-4H2,1H3,(H,27,30)(H,29,32). The summed E-state index contributed by atoms with van der Waals surface area (Å²) in [4.78, 5) is 20.7. The highest BCUT2D eigenvalue weighted by Crippen LogP contribution is 2.48. The number of carbonyl (C=O) groups is 1. The lowest BCUT2D eigenvalue weighted by atomic mass is 9.97. The maximum Gasteiger partial charge on any atom is 0.231 e. The first kappa shape index (κ1) is 20.5. The quantitative estimate of drug-likeness (QED) is 0.432. The molecule has 2 saturated carbocycles. The largest absolute Gasteiger partial charge is 0.376 e. The number of nitrogens with zero attached hydrogens (tertiary/aromatic N) is 4. The van der Waals surface area contributed by atoms with E-state index in [9.17, 15) is 9.18 Å². The van der Waals surface area contributed by atoms with Crippen LogP contribution in [0.25, 0.3) is 27.8 Å². The first-order chi connectivity index (χ1) is 16.0. The van der Waals surface area contributed by atoms with Crippen LogP contribution in [0.1, 0.15) is 30.9 Å². The van der Waals surface area contributed by atoms with E-state index in [1.54, 1.807) is 30.1 Å². The molecular formula is C22H19ClF2N6O2. The van der Waals surface area contributed by atoms with Gasteiger partial charge in [-0.3, -0.25) is 14.9 Å². The van der Waals surface area contributed by atoms with E-state index in [-0.39, 0.29) is 23.2 Å². The normalized spacial score (nSPS) is 21.0. The lowest BCUT2D eigenvalue weighted by Gasteiger charge is -2.19. The number of H-pyrrole nitrogens is 1. The molecule has 33 heavy (non-hydrogen) atoms. The van der Waals surface area contributed by atoms with E-state index in [0.717, 1.165) is 12.8 Å². The number of hydrogen-bond donors (Lipinski definition) is 2. The fraction of sp³-hybridized carbons (Fsp3) is 0.364. The number of hydrogen-bond acceptors (Lipinski definition) is 5. The average Bonchev–Trinajstić information content (AvgIpc) is 3.68. The van der Waals surface area contributed by atoms with Gasteiger partial charge in [0.05, 0.1) is 46.8 Å². The number of aromatic amines is 1. The monoisotopic (exact) mass is 472 g/mol. The lowest BCUT2D eigenvalue weighted by molar-refractivity contribution is -0.117. The third kappa shape index (κ3) is 3.36. The number of benzene rings is 1. The van der Waals surface area contributed by atoms with E-state index in [2.05, 4.69) is 25.5 Å². The molecule has 2 aliphatic rings. The molecule has 3 aromatic heterocycles. The molecule has 0 spiro atoms. The smallest absolute Gasteiger partial charge is 0.231 e. The molecule has 0 bridgehead atoms. The van der Waals surface area contributed by atoms with E-state index < -0.39 is 29.9 Å². The molecule has 170 valence electrons. The third-order valence-electron chi connectivity index (χ3n) is 6.31. The maximum absolute atomic E-state index is 15.6. The van der Waals surface area contributed by atoms with Crippen LogP contribution >= 0.6 is 11.6 Å². The molecule has 0 saturated heterocycles. The van der Waals surface area contributed by atoms with Crippen molar-refractivity contribution in [3.63, 3.8) is 0 Å².